The Labute approximate surface area is 112 Å². The normalized spacial score (nSPS) is 10.7. The molecule has 6 heteroatoms. The van der Waals surface area contributed by atoms with Gasteiger partial charge in [-0.05, 0) is 31.2 Å². The minimum Gasteiger partial charge on any atom is -0.475 e. The first-order valence-corrected chi connectivity index (χ1v) is 6.36. The molecule has 0 atom stereocenters. The van der Waals surface area contributed by atoms with E-state index >= 15 is 0 Å². The Hall–Kier alpha value is -1.82. The van der Waals surface area contributed by atoms with Crippen LogP contribution in [0.1, 0.15) is 21.9 Å². The van der Waals surface area contributed by atoms with Crippen molar-refractivity contribution >= 4 is 17.7 Å². The second kappa shape index (κ2) is 5.44. The van der Waals surface area contributed by atoms with Crippen molar-refractivity contribution < 1.29 is 23.1 Å². The van der Waals surface area contributed by atoms with Crippen LogP contribution in [0.25, 0.3) is 0 Å². The maximum atomic E-state index is 13.4. The molecule has 1 aromatic heterocycles. The van der Waals surface area contributed by atoms with Crippen LogP contribution in [-0.4, -0.2) is 11.1 Å². The van der Waals surface area contributed by atoms with Crippen LogP contribution in [0, 0.1) is 18.6 Å². The number of carboxylic acids is 1. The molecule has 0 spiro atoms. The van der Waals surface area contributed by atoms with Crippen LogP contribution in [0.4, 0.5) is 8.78 Å². The summed E-state index contributed by atoms with van der Waals surface area (Å²) in [6, 6.07) is 4.76. The van der Waals surface area contributed by atoms with E-state index < -0.39 is 17.6 Å². The number of aromatic carboxylic acids is 1. The second-order valence-electron chi connectivity index (χ2n) is 3.89. The van der Waals surface area contributed by atoms with Crippen LogP contribution in [0.15, 0.2) is 33.6 Å². The number of carboxylic acid groups (broad SMARTS) is 1. The van der Waals surface area contributed by atoms with Crippen LogP contribution >= 0.6 is 11.8 Å². The number of hydrogen-bond acceptors (Lipinski definition) is 3. The van der Waals surface area contributed by atoms with Gasteiger partial charge in [0.05, 0.1) is 5.75 Å². The van der Waals surface area contributed by atoms with Gasteiger partial charge in [-0.25, -0.2) is 13.6 Å². The lowest BCUT2D eigenvalue weighted by molar-refractivity contribution is 0.0659. The first-order valence-electron chi connectivity index (χ1n) is 5.38. The van der Waals surface area contributed by atoms with Crippen molar-refractivity contribution in [2.45, 2.75) is 17.6 Å². The van der Waals surface area contributed by atoms with Gasteiger partial charge in [0.1, 0.15) is 17.4 Å². The summed E-state index contributed by atoms with van der Waals surface area (Å²) in [7, 11) is 0. The van der Waals surface area contributed by atoms with Crippen molar-refractivity contribution in [1.29, 1.82) is 0 Å². The van der Waals surface area contributed by atoms with Gasteiger partial charge in [0.2, 0.25) is 5.76 Å². The molecule has 0 bridgehead atoms. The maximum Gasteiger partial charge on any atom is 0.372 e. The third kappa shape index (κ3) is 3.14. The van der Waals surface area contributed by atoms with E-state index in [4.69, 9.17) is 9.52 Å². The Balaban J connectivity index is 2.12. The van der Waals surface area contributed by atoms with Gasteiger partial charge in [0, 0.05) is 10.5 Å². The lowest BCUT2D eigenvalue weighted by Gasteiger charge is -2.01. The minimum atomic E-state index is -1.15. The van der Waals surface area contributed by atoms with E-state index in [9.17, 15) is 13.6 Å². The van der Waals surface area contributed by atoms with E-state index in [1.54, 1.807) is 13.0 Å². The number of benzene rings is 1. The minimum absolute atomic E-state index is 0.129. The molecule has 2 aromatic rings. The Bertz CT molecular complexity index is 622. The summed E-state index contributed by atoms with van der Waals surface area (Å²) in [4.78, 5) is 11.0. The van der Waals surface area contributed by atoms with E-state index in [0.29, 0.717) is 11.3 Å². The van der Waals surface area contributed by atoms with Gasteiger partial charge in [0.15, 0.2) is 0 Å². The van der Waals surface area contributed by atoms with Crippen molar-refractivity contribution in [2.75, 3.05) is 0 Å². The molecule has 1 aromatic carbocycles. The molecular formula is C13H10F2O3S. The summed E-state index contributed by atoms with van der Waals surface area (Å²) < 4.78 is 31.5. The topological polar surface area (TPSA) is 50.4 Å². The van der Waals surface area contributed by atoms with Crippen LogP contribution in [0.3, 0.4) is 0 Å². The van der Waals surface area contributed by atoms with E-state index in [1.165, 1.54) is 0 Å². The first kappa shape index (κ1) is 13.6. The molecule has 19 heavy (non-hydrogen) atoms. The molecule has 100 valence electrons. The molecule has 0 fully saturated rings. The fourth-order valence-corrected chi connectivity index (χ4v) is 2.41. The number of furan rings is 1. The molecular weight excluding hydrogens is 274 g/mol. The summed E-state index contributed by atoms with van der Waals surface area (Å²) in [5.74, 6) is -1.68. The first-order chi connectivity index (χ1) is 8.97. The highest BCUT2D eigenvalue weighted by Gasteiger charge is 2.15. The summed E-state index contributed by atoms with van der Waals surface area (Å²) >= 11 is 1.05. The second-order valence-corrected chi connectivity index (χ2v) is 4.91. The molecule has 0 radical (unpaired) electrons. The summed E-state index contributed by atoms with van der Waals surface area (Å²) in [6.45, 7) is 1.61. The quantitative estimate of drug-likeness (QED) is 0.866. The van der Waals surface area contributed by atoms with E-state index in [2.05, 4.69) is 0 Å². The van der Waals surface area contributed by atoms with Gasteiger partial charge < -0.3 is 9.52 Å². The molecule has 0 aliphatic heterocycles. The van der Waals surface area contributed by atoms with Crippen LogP contribution in [0.2, 0.25) is 0 Å². The van der Waals surface area contributed by atoms with Gasteiger partial charge in [-0.15, -0.1) is 11.8 Å². The van der Waals surface area contributed by atoms with E-state index in [0.717, 1.165) is 30.0 Å². The molecule has 0 unspecified atom stereocenters. The predicted octanol–water partition coefficient (Wildman–Crippen LogP) is 3.86. The van der Waals surface area contributed by atoms with E-state index in [1.807, 2.05) is 0 Å². The lowest BCUT2D eigenvalue weighted by atomic mass is 10.3. The van der Waals surface area contributed by atoms with Gasteiger partial charge in [-0.2, -0.15) is 0 Å². The van der Waals surface area contributed by atoms with Gasteiger partial charge in [-0.1, -0.05) is 0 Å². The number of rotatable bonds is 4. The van der Waals surface area contributed by atoms with Crippen LogP contribution < -0.4 is 0 Å². The Morgan fingerprint density at radius 2 is 2.11 bits per heavy atom. The van der Waals surface area contributed by atoms with Gasteiger partial charge in [-0.3, -0.25) is 0 Å². The zero-order valence-corrected chi connectivity index (χ0v) is 10.8. The summed E-state index contributed by atoms with van der Waals surface area (Å²) in [5.41, 5.74) is 0.503. The molecule has 1 N–H and O–H groups in total. The zero-order chi connectivity index (χ0) is 14.0. The Morgan fingerprint density at radius 3 is 2.74 bits per heavy atom. The van der Waals surface area contributed by atoms with Gasteiger partial charge in [0.25, 0.3) is 0 Å². The molecule has 2 rings (SSSR count). The zero-order valence-electron chi connectivity index (χ0n) is 9.94. The third-order valence-corrected chi connectivity index (χ3v) is 3.48. The third-order valence-electron chi connectivity index (χ3n) is 2.43. The molecule has 0 aliphatic rings. The maximum absolute atomic E-state index is 13.4. The molecule has 0 saturated heterocycles. The average Bonchev–Trinajstić information content (AvgIpc) is 2.72. The summed E-state index contributed by atoms with van der Waals surface area (Å²) in [6.07, 6.45) is 0. The predicted molar refractivity (Wildman–Crippen MR) is 66.3 cm³/mol. The van der Waals surface area contributed by atoms with Gasteiger partial charge >= 0.3 is 5.97 Å². The number of carbonyl (C=O) groups is 1. The molecule has 0 saturated carbocycles. The number of thioether (sulfide) groups is 1. The van der Waals surface area contributed by atoms with Crippen molar-refractivity contribution in [2.24, 2.45) is 0 Å². The standard InChI is InChI=1S/C13H10F2O3S/c1-7-4-9(18-12(7)13(16)17)6-19-11-5-8(14)2-3-10(11)15/h2-5H,6H2,1H3,(H,16,17). The highest BCUT2D eigenvalue weighted by atomic mass is 32.2. The van der Waals surface area contributed by atoms with Crippen molar-refractivity contribution in [3.63, 3.8) is 0 Å². The molecule has 3 nitrogen and oxygen atoms in total. The Morgan fingerprint density at radius 1 is 1.37 bits per heavy atom. The molecule has 1 heterocycles. The van der Waals surface area contributed by atoms with Crippen molar-refractivity contribution in [3.8, 4) is 0 Å². The summed E-state index contributed by atoms with van der Waals surface area (Å²) in [5, 5.41) is 8.83. The number of halogens is 2. The van der Waals surface area contributed by atoms with E-state index in [-0.39, 0.29) is 16.4 Å². The van der Waals surface area contributed by atoms with Crippen molar-refractivity contribution in [3.05, 3.63) is 53.0 Å². The van der Waals surface area contributed by atoms with Crippen LogP contribution in [-0.2, 0) is 5.75 Å². The number of aryl methyl sites for hydroxylation is 1. The fourth-order valence-electron chi connectivity index (χ4n) is 1.57. The van der Waals surface area contributed by atoms with Crippen molar-refractivity contribution in [1.82, 2.24) is 0 Å². The molecule has 0 amide bonds. The Kier molecular flexibility index (Phi) is 3.90. The van der Waals surface area contributed by atoms with Crippen LogP contribution in [0.5, 0.6) is 0 Å². The smallest absolute Gasteiger partial charge is 0.372 e. The number of hydrogen-bond donors (Lipinski definition) is 1. The highest BCUT2D eigenvalue weighted by Crippen LogP contribution is 2.28. The largest absolute Gasteiger partial charge is 0.475 e. The highest BCUT2D eigenvalue weighted by molar-refractivity contribution is 7.98. The lowest BCUT2D eigenvalue weighted by Crippen LogP contribution is -1.94. The average molecular weight is 284 g/mol. The fraction of sp³-hybridized carbons (Fsp3) is 0.154. The monoisotopic (exact) mass is 284 g/mol. The SMILES string of the molecule is Cc1cc(CSc2cc(F)ccc2F)oc1C(=O)O. The molecule has 0 aliphatic carbocycles.